The third kappa shape index (κ3) is 4.36. The summed E-state index contributed by atoms with van der Waals surface area (Å²) in [7, 11) is -3.74. The van der Waals surface area contributed by atoms with E-state index < -0.39 is 10.0 Å². The number of aromatic nitrogens is 2. The Morgan fingerprint density at radius 1 is 1.19 bits per heavy atom. The second-order valence-electron chi connectivity index (χ2n) is 6.20. The quantitative estimate of drug-likeness (QED) is 0.725. The number of anilines is 1. The van der Waals surface area contributed by atoms with Gasteiger partial charge in [0.05, 0.1) is 4.90 Å². The van der Waals surface area contributed by atoms with Crippen molar-refractivity contribution in [3.8, 4) is 0 Å². The molecule has 0 saturated carbocycles. The van der Waals surface area contributed by atoms with Gasteiger partial charge in [0.1, 0.15) is 5.82 Å². The topological polar surface area (TPSA) is 127 Å². The highest BCUT2D eigenvalue weighted by Gasteiger charge is 2.16. The van der Waals surface area contributed by atoms with Gasteiger partial charge in [0.25, 0.3) is 0 Å². The number of aryl methyl sites for hydroxylation is 2. The molecule has 1 aliphatic carbocycles. The summed E-state index contributed by atoms with van der Waals surface area (Å²) >= 11 is 0. The van der Waals surface area contributed by atoms with Gasteiger partial charge >= 0.3 is 6.03 Å². The molecule has 3 rings (SSSR count). The standard InChI is InChI=1S/C17H21N5O3S/c1-11-14-3-2-4-15(14)22-16(20-11)9-10-19-17(23)21-12-5-7-13(8-6-12)26(18,24)25/h5-8H,2-4,9-10H2,1H3,(H2,18,24,25)(H2,19,21,23). The lowest BCUT2D eigenvalue weighted by molar-refractivity contribution is 0.252. The third-order valence-corrected chi connectivity index (χ3v) is 5.19. The van der Waals surface area contributed by atoms with E-state index in [0.29, 0.717) is 18.7 Å². The Kier molecular flexibility index (Phi) is 5.19. The highest BCUT2D eigenvalue weighted by Crippen LogP contribution is 2.22. The zero-order valence-electron chi connectivity index (χ0n) is 14.4. The summed E-state index contributed by atoms with van der Waals surface area (Å²) in [4.78, 5) is 21.0. The maximum Gasteiger partial charge on any atom is 0.319 e. The van der Waals surface area contributed by atoms with E-state index in [0.717, 1.165) is 36.5 Å². The molecule has 2 amide bonds. The lowest BCUT2D eigenvalue weighted by Gasteiger charge is -2.09. The lowest BCUT2D eigenvalue weighted by atomic mass is 10.2. The predicted molar refractivity (Wildman–Crippen MR) is 97.3 cm³/mol. The smallest absolute Gasteiger partial charge is 0.319 e. The predicted octanol–water partition coefficient (Wildman–Crippen LogP) is 1.29. The Morgan fingerprint density at radius 3 is 2.62 bits per heavy atom. The van der Waals surface area contributed by atoms with E-state index in [1.807, 2.05) is 6.92 Å². The van der Waals surface area contributed by atoms with Crippen LogP contribution in [0.25, 0.3) is 0 Å². The van der Waals surface area contributed by atoms with Crippen LogP contribution in [0.1, 0.15) is 29.2 Å². The number of fused-ring (bicyclic) bond motifs is 1. The van der Waals surface area contributed by atoms with Gasteiger partial charge in [-0.25, -0.2) is 28.3 Å². The molecule has 0 unspecified atom stereocenters. The van der Waals surface area contributed by atoms with Crippen molar-refractivity contribution in [1.29, 1.82) is 0 Å². The molecular weight excluding hydrogens is 354 g/mol. The van der Waals surface area contributed by atoms with Crippen molar-refractivity contribution in [1.82, 2.24) is 15.3 Å². The molecule has 1 aromatic carbocycles. The number of nitrogens with two attached hydrogens (primary N) is 1. The normalized spacial score (nSPS) is 13.3. The summed E-state index contributed by atoms with van der Waals surface area (Å²) in [5.74, 6) is 0.737. The molecule has 1 heterocycles. The number of urea groups is 1. The van der Waals surface area contributed by atoms with Gasteiger partial charge in [0.2, 0.25) is 10.0 Å². The Bertz CT molecular complexity index is 926. The summed E-state index contributed by atoms with van der Waals surface area (Å²) in [6, 6.07) is 5.25. The van der Waals surface area contributed by atoms with Crippen LogP contribution in [0.4, 0.5) is 10.5 Å². The molecule has 0 saturated heterocycles. The Morgan fingerprint density at radius 2 is 1.92 bits per heavy atom. The van der Waals surface area contributed by atoms with Crippen LogP contribution in [-0.2, 0) is 29.3 Å². The van der Waals surface area contributed by atoms with Crippen LogP contribution in [0.3, 0.4) is 0 Å². The molecule has 8 nitrogen and oxygen atoms in total. The minimum absolute atomic E-state index is 0.00686. The molecule has 0 bridgehead atoms. The number of rotatable bonds is 5. The molecule has 1 aliphatic rings. The van der Waals surface area contributed by atoms with Crippen molar-refractivity contribution in [2.24, 2.45) is 5.14 Å². The van der Waals surface area contributed by atoms with Crippen LogP contribution in [0.2, 0.25) is 0 Å². The molecule has 1 aromatic heterocycles. The maximum absolute atomic E-state index is 11.9. The van der Waals surface area contributed by atoms with Crippen molar-refractivity contribution in [2.45, 2.75) is 37.5 Å². The fourth-order valence-corrected chi connectivity index (χ4v) is 3.50. The molecule has 9 heteroatoms. The first kappa shape index (κ1) is 18.3. The summed E-state index contributed by atoms with van der Waals surface area (Å²) < 4.78 is 22.4. The molecule has 4 N–H and O–H groups in total. The Hall–Kier alpha value is -2.52. The summed E-state index contributed by atoms with van der Waals surface area (Å²) in [5, 5.41) is 10.4. The highest BCUT2D eigenvalue weighted by molar-refractivity contribution is 7.89. The van der Waals surface area contributed by atoms with Crippen LogP contribution in [0.5, 0.6) is 0 Å². The van der Waals surface area contributed by atoms with Crippen molar-refractivity contribution in [2.75, 3.05) is 11.9 Å². The number of hydrogen-bond acceptors (Lipinski definition) is 5. The number of primary sulfonamides is 1. The third-order valence-electron chi connectivity index (χ3n) is 4.26. The second kappa shape index (κ2) is 7.38. The summed E-state index contributed by atoms with van der Waals surface area (Å²) in [5.41, 5.74) is 3.90. The highest BCUT2D eigenvalue weighted by atomic mass is 32.2. The number of hydrogen-bond donors (Lipinski definition) is 3. The fourth-order valence-electron chi connectivity index (χ4n) is 2.99. The van der Waals surface area contributed by atoms with Gasteiger partial charge in [0.15, 0.2) is 0 Å². The van der Waals surface area contributed by atoms with E-state index in [1.54, 1.807) is 0 Å². The lowest BCUT2D eigenvalue weighted by Crippen LogP contribution is -2.30. The van der Waals surface area contributed by atoms with Crippen LogP contribution < -0.4 is 15.8 Å². The van der Waals surface area contributed by atoms with Gasteiger partial charge in [-0.15, -0.1) is 0 Å². The summed E-state index contributed by atoms with van der Waals surface area (Å²) in [6.07, 6.45) is 3.71. The number of amides is 2. The van der Waals surface area contributed by atoms with Crippen LogP contribution in [0, 0.1) is 6.92 Å². The van der Waals surface area contributed by atoms with E-state index in [1.165, 1.54) is 29.8 Å². The molecule has 0 aliphatic heterocycles. The Balaban J connectivity index is 1.51. The van der Waals surface area contributed by atoms with Gasteiger partial charge < -0.3 is 10.6 Å². The Labute approximate surface area is 152 Å². The zero-order chi connectivity index (χ0) is 18.7. The first-order valence-corrected chi connectivity index (χ1v) is 9.90. The van der Waals surface area contributed by atoms with E-state index in [4.69, 9.17) is 5.14 Å². The number of sulfonamides is 1. The molecule has 0 radical (unpaired) electrons. The first-order chi connectivity index (χ1) is 12.3. The molecule has 26 heavy (non-hydrogen) atoms. The van der Waals surface area contributed by atoms with Crippen molar-refractivity contribution < 1.29 is 13.2 Å². The largest absolute Gasteiger partial charge is 0.337 e. The first-order valence-electron chi connectivity index (χ1n) is 8.36. The number of nitrogens with zero attached hydrogens (tertiary/aromatic N) is 2. The van der Waals surface area contributed by atoms with E-state index in [2.05, 4.69) is 20.6 Å². The number of carbonyl (C=O) groups excluding carboxylic acids is 1. The van der Waals surface area contributed by atoms with Crippen molar-refractivity contribution in [3.63, 3.8) is 0 Å². The number of carbonyl (C=O) groups is 1. The SMILES string of the molecule is Cc1nc(CCNC(=O)Nc2ccc(S(N)(=O)=O)cc2)nc2c1CCC2. The molecule has 2 aromatic rings. The molecule has 138 valence electrons. The zero-order valence-corrected chi connectivity index (χ0v) is 15.3. The summed E-state index contributed by atoms with van der Waals surface area (Å²) in [6.45, 7) is 2.40. The van der Waals surface area contributed by atoms with E-state index >= 15 is 0 Å². The minimum Gasteiger partial charge on any atom is -0.337 e. The maximum atomic E-state index is 11.9. The van der Waals surface area contributed by atoms with Gasteiger partial charge in [-0.05, 0) is 56.0 Å². The van der Waals surface area contributed by atoms with E-state index in [9.17, 15) is 13.2 Å². The van der Waals surface area contributed by atoms with Gasteiger partial charge in [-0.2, -0.15) is 0 Å². The molecule has 0 atom stereocenters. The van der Waals surface area contributed by atoms with Gasteiger partial charge in [0, 0.05) is 30.0 Å². The van der Waals surface area contributed by atoms with Crippen LogP contribution >= 0.6 is 0 Å². The molecule has 0 spiro atoms. The van der Waals surface area contributed by atoms with E-state index in [-0.39, 0.29) is 10.9 Å². The average Bonchev–Trinajstić information content (AvgIpc) is 3.03. The molecule has 0 fully saturated rings. The average molecular weight is 375 g/mol. The van der Waals surface area contributed by atoms with Crippen LogP contribution in [0.15, 0.2) is 29.2 Å². The number of nitrogens with one attached hydrogen (secondary N) is 2. The van der Waals surface area contributed by atoms with Crippen molar-refractivity contribution in [3.05, 3.63) is 47.0 Å². The van der Waals surface area contributed by atoms with Gasteiger partial charge in [-0.1, -0.05) is 0 Å². The second-order valence-corrected chi connectivity index (χ2v) is 7.77. The van der Waals surface area contributed by atoms with Crippen molar-refractivity contribution >= 4 is 21.7 Å². The van der Waals surface area contributed by atoms with Gasteiger partial charge in [-0.3, -0.25) is 0 Å². The number of benzene rings is 1. The van der Waals surface area contributed by atoms with Crippen LogP contribution in [-0.4, -0.2) is 31.0 Å². The monoisotopic (exact) mass is 375 g/mol. The minimum atomic E-state index is -3.74. The fraction of sp³-hybridized carbons (Fsp3) is 0.353. The molecular formula is C17H21N5O3S.